The monoisotopic (exact) mass is 186 g/mol. The van der Waals surface area contributed by atoms with Crippen LogP contribution in [0.25, 0.3) is 0 Å². The zero-order chi connectivity index (χ0) is 9.73. The molecule has 0 fully saturated rings. The van der Waals surface area contributed by atoms with Crippen LogP contribution in [0.1, 0.15) is 13.8 Å². The molecule has 0 aromatic rings. The van der Waals surface area contributed by atoms with Crippen LogP contribution in [0.3, 0.4) is 0 Å². The van der Waals surface area contributed by atoms with Crippen LogP contribution in [0.4, 0.5) is 0 Å². The van der Waals surface area contributed by atoms with Crippen molar-refractivity contribution < 1.29 is 19.0 Å². The standard InChI is InChI=1S/C9H14O4/c1-3-12-9(13-4-2)5-6-11-7-8(9)10/h5-6H,3-4,7H2,1-2H3. The summed E-state index contributed by atoms with van der Waals surface area (Å²) in [4.78, 5) is 11.5. The van der Waals surface area contributed by atoms with Gasteiger partial charge in [0.05, 0.1) is 6.26 Å². The molecule has 0 aliphatic carbocycles. The third kappa shape index (κ3) is 2.08. The molecule has 74 valence electrons. The highest BCUT2D eigenvalue weighted by atomic mass is 16.7. The van der Waals surface area contributed by atoms with Crippen molar-refractivity contribution >= 4 is 5.78 Å². The molecule has 0 saturated heterocycles. The molecule has 1 heterocycles. The Morgan fingerprint density at radius 1 is 1.46 bits per heavy atom. The van der Waals surface area contributed by atoms with E-state index in [9.17, 15) is 4.79 Å². The molecule has 0 saturated carbocycles. The molecule has 1 rings (SSSR count). The van der Waals surface area contributed by atoms with Crippen molar-refractivity contribution in [3.05, 3.63) is 12.3 Å². The first kappa shape index (κ1) is 10.2. The van der Waals surface area contributed by atoms with Gasteiger partial charge in [0.2, 0.25) is 5.78 Å². The summed E-state index contributed by atoms with van der Waals surface area (Å²) in [5.74, 6) is -1.40. The van der Waals surface area contributed by atoms with Gasteiger partial charge in [0.15, 0.2) is 6.61 Å². The minimum atomic E-state index is -1.21. The predicted molar refractivity (Wildman–Crippen MR) is 46.1 cm³/mol. The van der Waals surface area contributed by atoms with E-state index >= 15 is 0 Å². The molecule has 0 aromatic heterocycles. The quantitative estimate of drug-likeness (QED) is 0.611. The van der Waals surface area contributed by atoms with Crippen molar-refractivity contribution in [2.45, 2.75) is 19.6 Å². The SMILES string of the molecule is CCOC1(OCC)C=COCC1=O. The Kier molecular flexibility index (Phi) is 3.45. The molecule has 1 aliphatic heterocycles. The minimum Gasteiger partial charge on any atom is -0.493 e. The van der Waals surface area contributed by atoms with Gasteiger partial charge in [-0.3, -0.25) is 4.79 Å². The number of Topliss-reactive ketones (excluding diaryl/α,β-unsaturated/α-hetero) is 1. The third-order valence-electron chi connectivity index (χ3n) is 1.70. The fourth-order valence-electron chi connectivity index (χ4n) is 1.18. The second kappa shape index (κ2) is 4.39. The van der Waals surface area contributed by atoms with Gasteiger partial charge in [-0.2, -0.15) is 0 Å². The number of ether oxygens (including phenoxy) is 3. The van der Waals surface area contributed by atoms with Crippen molar-refractivity contribution in [3.63, 3.8) is 0 Å². The summed E-state index contributed by atoms with van der Waals surface area (Å²) in [6.07, 6.45) is 2.94. The number of hydrogen-bond acceptors (Lipinski definition) is 4. The number of rotatable bonds is 4. The highest BCUT2D eigenvalue weighted by Crippen LogP contribution is 2.20. The molecule has 0 radical (unpaired) electrons. The average molecular weight is 186 g/mol. The number of ketones is 1. The Bertz CT molecular complexity index is 204. The van der Waals surface area contributed by atoms with Crippen LogP contribution >= 0.6 is 0 Å². The van der Waals surface area contributed by atoms with Crippen molar-refractivity contribution in [3.8, 4) is 0 Å². The highest BCUT2D eigenvalue weighted by Gasteiger charge is 2.39. The van der Waals surface area contributed by atoms with E-state index in [0.29, 0.717) is 13.2 Å². The smallest absolute Gasteiger partial charge is 0.256 e. The summed E-state index contributed by atoms with van der Waals surface area (Å²) in [5, 5.41) is 0. The lowest BCUT2D eigenvalue weighted by atomic mass is 10.1. The first-order valence-electron chi connectivity index (χ1n) is 4.35. The van der Waals surface area contributed by atoms with E-state index in [1.54, 1.807) is 0 Å². The van der Waals surface area contributed by atoms with Gasteiger partial charge in [-0.25, -0.2) is 0 Å². The predicted octanol–water partition coefficient (Wildman–Crippen LogP) is 0.869. The Hall–Kier alpha value is -0.870. The zero-order valence-electron chi connectivity index (χ0n) is 7.91. The summed E-state index contributed by atoms with van der Waals surface area (Å²) in [5.41, 5.74) is 0. The van der Waals surface area contributed by atoms with Gasteiger partial charge in [0.1, 0.15) is 0 Å². The largest absolute Gasteiger partial charge is 0.493 e. The van der Waals surface area contributed by atoms with E-state index in [2.05, 4.69) is 0 Å². The van der Waals surface area contributed by atoms with Gasteiger partial charge in [-0.1, -0.05) is 0 Å². The first-order chi connectivity index (χ1) is 6.25. The normalized spacial score (nSPS) is 20.0. The molecule has 0 atom stereocenters. The van der Waals surface area contributed by atoms with Crippen LogP contribution < -0.4 is 0 Å². The molecular formula is C9H14O4. The van der Waals surface area contributed by atoms with Crippen molar-refractivity contribution in [2.24, 2.45) is 0 Å². The minimum absolute atomic E-state index is 0.0104. The van der Waals surface area contributed by atoms with E-state index in [0.717, 1.165) is 0 Å². The Balaban J connectivity index is 2.79. The second-order valence-corrected chi connectivity index (χ2v) is 2.57. The van der Waals surface area contributed by atoms with Crippen molar-refractivity contribution in [2.75, 3.05) is 19.8 Å². The Morgan fingerprint density at radius 3 is 2.54 bits per heavy atom. The Labute approximate surface area is 77.5 Å². The molecule has 4 heteroatoms. The number of carbonyl (C=O) groups is 1. The van der Waals surface area contributed by atoms with E-state index in [-0.39, 0.29) is 12.4 Å². The van der Waals surface area contributed by atoms with Crippen LogP contribution in [0, 0.1) is 0 Å². The van der Waals surface area contributed by atoms with E-state index in [1.165, 1.54) is 12.3 Å². The molecule has 0 bridgehead atoms. The van der Waals surface area contributed by atoms with Crippen LogP contribution in [0.2, 0.25) is 0 Å². The third-order valence-corrected chi connectivity index (χ3v) is 1.70. The maximum atomic E-state index is 11.5. The summed E-state index contributed by atoms with van der Waals surface area (Å²) in [6, 6.07) is 0. The average Bonchev–Trinajstić information content (AvgIpc) is 2.11. The number of hydrogen-bond donors (Lipinski definition) is 0. The van der Waals surface area contributed by atoms with Gasteiger partial charge in [0, 0.05) is 19.3 Å². The lowest BCUT2D eigenvalue weighted by Crippen LogP contribution is -2.46. The van der Waals surface area contributed by atoms with E-state index in [1.807, 2.05) is 13.8 Å². The molecule has 0 N–H and O–H groups in total. The fourth-order valence-corrected chi connectivity index (χ4v) is 1.18. The van der Waals surface area contributed by atoms with Crippen molar-refractivity contribution in [1.29, 1.82) is 0 Å². The molecule has 0 unspecified atom stereocenters. The second-order valence-electron chi connectivity index (χ2n) is 2.57. The fraction of sp³-hybridized carbons (Fsp3) is 0.667. The topological polar surface area (TPSA) is 44.8 Å². The molecule has 4 nitrogen and oxygen atoms in total. The molecule has 0 spiro atoms. The lowest BCUT2D eigenvalue weighted by Gasteiger charge is -2.30. The summed E-state index contributed by atoms with van der Waals surface area (Å²) in [6.45, 7) is 4.50. The van der Waals surface area contributed by atoms with Crippen LogP contribution in [-0.4, -0.2) is 31.4 Å². The summed E-state index contributed by atoms with van der Waals surface area (Å²) in [7, 11) is 0. The summed E-state index contributed by atoms with van der Waals surface area (Å²) >= 11 is 0. The van der Waals surface area contributed by atoms with Gasteiger partial charge >= 0.3 is 0 Å². The van der Waals surface area contributed by atoms with Gasteiger partial charge in [0.25, 0.3) is 5.79 Å². The maximum Gasteiger partial charge on any atom is 0.256 e. The lowest BCUT2D eigenvalue weighted by molar-refractivity contribution is -0.208. The molecular weight excluding hydrogens is 172 g/mol. The molecule has 0 amide bonds. The Morgan fingerprint density at radius 2 is 2.08 bits per heavy atom. The zero-order valence-corrected chi connectivity index (χ0v) is 7.91. The van der Waals surface area contributed by atoms with E-state index in [4.69, 9.17) is 14.2 Å². The van der Waals surface area contributed by atoms with Crippen molar-refractivity contribution in [1.82, 2.24) is 0 Å². The molecule has 0 aromatic carbocycles. The van der Waals surface area contributed by atoms with Crippen LogP contribution in [-0.2, 0) is 19.0 Å². The summed E-state index contributed by atoms with van der Waals surface area (Å²) < 4.78 is 15.4. The van der Waals surface area contributed by atoms with E-state index < -0.39 is 5.79 Å². The maximum absolute atomic E-state index is 11.5. The van der Waals surface area contributed by atoms with Crippen LogP contribution in [0.5, 0.6) is 0 Å². The first-order valence-corrected chi connectivity index (χ1v) is 4.35. The number of carbonyl (C=O) groups excluding carboxylic acids is 1. The van der Waals surface area contributed by atoms with Gasteiger partial charge in [-0.15, -0.1) is 0 Å². The van der Waals surface area contributed by atoms with Gasteiger partial charge < -0.3 is 14.2 Å². The van der Waals surface area contributed by atoms with Gasteiger partial charge in [-0.05, 0) is 13.8 Å². The molecule has 13 heavy (non-hydrogen) atoms. The molecule has 1 aliphatic rings. The highest BCUT2D eigenvalue weighted by molar-refractivity contribution is 5.89. The van der Waals surface area contributed by atoms with Crippen LogP contribution in [0.15, 0.2) is 12.3 Å².